The van der Waals surface area contributed by atoms with E-state index < -0.39 is 18.0 Å². The Kier molecular flexibility index (Phi) is 5.57. The van der Waals surface area contributed by atoms with Gasteiger partial charge in [0.1, 0.15) is 5.69 Å². The molecule has 0 atom stereocenters. The van der Waals surface area contributed by atoms with Crippen LogP contribution in [0.15, 0.2) is 36.5 Å². The van der Waals surface area contributed by atoms with E-state index in [9.17, 15) is 13.6 Å². The van der Waals surface area contributed by atoms with E-state index in [1.165, 1.54) is 6.07 Å². The van der Waals surface area contributed by atoms with Crippen LogP contribution in [0.25, 0.3) is 5.57 Å². The lowest BCUT2D eigenvalue weighted by Gasteiger charge is -2.10. The van der Waals surface area contributed by atoms with E-state index in [-0.39, 0.29) is 11.4 Å². The van der Waals surface area contributed by atoms with Crippen LogP contribution in [0.3, 0.4) is 0 Å². The summed E-state index contributed by atoms with van der Waals surface area (Å²) in [7, 11) is 0. The van der Waals surface area contributed by atoms with E-state index in [1.54, 1.807) is 19.1 Å². The zero-order valence-electron chi connectivity index (χ0n) is 13.4. The van der Waals surface area contributed by atoms with Crippen LogP contribution in [0, 0.1) is 6.92 Å². The minimum Gasteiger partial charge on any atom is -0.404 e. The van der Waals surface area contributed by atoms with Gasteiger partial charge >= 0.3 is 0 Å². The van der Waals surface area contributed by atoms with Gasteiger partial charge in [-0.2, -0.15) is 0 Å². The first-order valence-corrected chi connectivity index (χ1v) is 7.41. The summed E-state index contributed by atoms with van der Waals surface area (Å²) in [6.45, 7) is 3.57. The molecule has 0 saturated heterocycles. The van der Waals surface area contributed by atoms with Crippen molar-refractivity contribution in [1.82, 2.24) is 9.97 Å². The maximum atomic E-state index is 12.9. The molecule has 1 aromatic heterocycles. The largest absolute Gasteiger partial charge is 0.404 e. The van der Waals surface area contributed by atoms with Crippen LogP contribution in [0.4, 0.5) is 14.5 Å². The topological polar surface area (TPSA) is 80.9 Å². The molecule has 2 aromatic rings. The molecule has 24 heavy (non-hydrogen) atoms. The van der Waals surface area contributed by atoms with Crippen molar-refractivity contribution in [3.05, 3.63) is 59.3 Å². The Morgan fingerprint density at radius 2 is 1.96 bits per heavy atom. The van der Waals surface area contributed by atoms with Gasteiger partial charge in [-0.25, -0.2) is 18.7 Å². The van der Waals surface area contributed by atoms with Crippen molar-refractivity contribution in [1.29, 1.82) is 0 Å². The van der Waals surface area contributed by atoms with Gasteiger partial charge in [-0.3, -0.25) is 4.79 Å². The molecule has 0 radical (unpaired) electrons. The number of nitrogens with one attached hydrogen (secondary N) is 1. The summed E-state index contributed by atoms with van der Waals surface area (Å²) in [5.74, 6) is -0.692. The van der Waals surface area contributed by atoms with Gasteiger partial charge in [-0.05, 0) is 37.1 Å². The quantitative estimate of drug-likeness (QED) is 0.824. The zero-order chi connectivity index (χ0) is 17.7. The van der Waals surface area contributed by atoms with Crippen molar-refractivity contribution in [2.24, 2.45) is 5.73 Å². The molecule has 0 bridgehead atoms. The third kappa shape index (κ3) is 4.13. The molecular weight excluding hydrogens is 314 g/mol. The van der Waals surface area contributed by atoms with Gasteiger partial charge in [0.15, 0.2) is 5.82 Å². The molecule has 3 N–H and O–H groups in total. The van der Waals surface area contributed by atoms with Crippen LogP contribution in [0.1, 0.15) is 36.1 Å². The van der Waals surface area contributed by atoms with E-state index in [1.807, 2.05) is 19.1 Å². The maximum Gasteiger partial charge on any atom is 0.280 e. The van der Waals surface area contributed by atoms with E-state index in [4.69, 9.17) is 5.73 Å². The average molecular weight is 332 g/mol. The Hall–Kier alpha value is -2.83. The molecule has 0 unspecified atom stereocenters. The molecule has 0 aliphatic heterocycles. The molecule has 1 aromatic carbocycles. The molecule has 5 nitrogen and oxygen atoms in total. The Morgan fingerprint density at radius 1 is 1.29 bits per heavy atom. The first-order valence-electron chi connectivity index (χ1n) is 7.41. The van der Waals surface area contributed by atoms with Crippen LogP contribution in [-0.2, 0) is 11.2 Å². The van der Waals surface area contributed by atoms with Crippen molar-refractivity contribution >= 4 is 17.2 Å². The van der Waals surface area contributed by atoms with Gasteiger partial charge in [0.25, 0.3) is 12.3 Å². The molecule has 7 heteroatoms. The lowest BCUT2D eigenvalue weighted by atomic mass is 10.1. The number of aryl methyl sites for hydroxylation is 2. The maximum absolute atomic E-state index is 12.9. The van der Waals surface area contributed by atoms with Crippen LogP contribution >= 0.6 is 0 Å². The Balaban J connectivity index is 2.26. The predicted molar refractivity (Wildman–Crippen MR) is 88.3 cm³/mol. The molecule has 0 spiro atoms. The summed E-state index contributed by atoms with van der Waals surface area (Å²) in [4.78, 5) is 20.1. The van der Waals surface area contributed by atoms with Crippen molar-refractivity contribution in [2.75, 3.05) is 5.32 Å². The number of benzene rings is 1. The second-order valence-corrected chi connectivity index (χ2v) is 5.14. The standard InChI is InChI=1S/C17H18F2N4O/c1-3-11-4-6-12(7-5-11)22-17(24)13(9-20)16-21-10(2)8-14(23-16)15(18)19/h4-9,15H,3,20H2,1-2H3,(H,22,24). The van der Waals surface area contributed by atoms with Gasteiger partial charge < -0.3 is 11.1 Å². The number of aromatic nitrogens is 2. The van der Waals surface area contributed by atoms with Gasteiger partial charge in [0.05, 0.1) is 5.57 Å². The molecule has 0 saturated carbocycles. The van der Waals surface area contributed by atoms with E-state index in [0.29, 0.717) is 11.4 Å². The molecule has 0 aliphatic carbocycles. The SMILES string of the molecule is CCc1ccc(NC(=O)C(=CN)c2nc(C)cc(C(F)F)n2)cc1. The number of nitrogens with zero attached hydrogens (tertiary/aromatic N) is 2. The summed E-state index contributed by atoms with van der Waals surface area (Å²) in [5.41, 5.74) is 7.00. The highest BCUT2D eigenvalue weighted by molar-refractivity contribution is 6.24. The summed E-state index contributed by atoms with van der Waals surface area (Å²) in [6, 6.07) is 8.46. The number of alkyl halides is 2. The zero-order valence-corrected chi connectivity index (χ0v) is 13.4. The highest BCUT2D eigenvalue weighted by atomic mass is 19.3. The van der Waals surface area contributed by atoms with Crippen molar-refractivity contribution < 1.29 is 13.6 Å². The van der Waals surface area contributed by atoms with Gasteiger partial charge in [-0.15, -0.1) is 0 Å². The Labute approximate surface area is 138 Å². The molecule has 126 valence electrons. The number of rotatable bonds is 5. The molecule has 1 heterocycles. The third-order valence-electron chi connectivity index (χ3n) is 3.37. The lowest BCUT2D eigenvalue weighted by molar-refractivity contribution is -0.111. The second kappa shape index (κ2) is 7.63. The second-order valence-electron chi connectivity index (χ2n) is 5.14. The third-order valence-corrected chi connectivity index (χ3v) is 3.37. The van der Waals surface area contributed by atoms with E-state index in [0.717, 1.165) is 18.2 Å². The van der Waals surface area contributed by atoms with Crippen molar-refractivity contribution in [3.63, 3.8) is 0 Å². The van der Waals surface area contributed by atoms with Gasteiger partial charge in [0, 0.05) is 17.6 Å². The first-order chi connectivity index (χ1) is 11.4. The van der Waals surface area contributed by atoms with Crippen molar-refractivity contribution in [2.45, 2.75) is 26.7 Å². The van der Waals surface area contributed by atoms with Crippen molar-refractivity contribution in [3.8, 4) is 0 Å². The number of halogens is 2. The Bertz CT molecular complexity index is 758. The minimum atomic E-state index is -2.76. The molecule has 0 fully saturated rings. The van der Waals surface area contributed by atoms with E-state index >= 15 is 0 Å². The average Bonchev–Trinajstić information content (AvgIpc) is 2.55. The fraction of sp³-hybridized carbons (Fsp3) is 0.235. The minimum absolute atomic E-state index is 0.0693. The number of carbonyl (C=O) groups is 1. The Morgan fingerprint density at radius 3 is 2.50 bits per heavy atom. The molecular formula is C17H18F2N4O. The number of amides is 1. The number of nitrogens with two attached hydrogens (primary N) is 1. The van der Waals surface area contributed by atoms with Crippen LogP contribution < -0.4 is 11.1 Å². The summed E-state index contributed by atoms with van der Waals surface area (Å²) in [5, 5.41) is 2.66. The summed E-state index contributed by atoms with van der Waals surface area (Å²) in [6.07, 6.45) is -0.857. The number of hydrogen-bond acceptors (Lipinski definition) is 4. The molecule has 1 amide bonds. The lowest BCUT2D eigenvalue weighted by Crippen LogP contribution is -2.17. The van der Waals surface area contributed by atoms with Gasteiger partial charge in [-0.1, -0.05) is 19.1 Å². The monoisotopic (exact) mass is 332 g/mol. The highest BCUT2D eigenvalue weighted by Gasteiger charge is 2.19. The number of anilines is 1. The van der Waals surface area contributed by atoms with Crippen LogP contribution in [-0.4, -0.2) is 15.9 Å². The fourth-order valence-electron chi connectivity index (χ4n) is 2.10. The van der Waals surface area contributed by atoms with Gasteiger partial charge in [0.2, 0.25) is 0 Å². The number of carbonyl (C=O) groups excluding carboxylic acids is 1. The molecule has 0 aliphatic rings. The summed E-state index contributed by atoms with van der Waals surface area (Å²) >= 11 is 0. The van der Waals surface area contributed by atoms with Crippen LogP contribution in [0.5, 0.6) is 0 Å². The highest BCUT2D eigenvalue weighted by Crippen LogP contribution is 2.20. The van der Waals surface area contributed by atoms with Crippen LogP contribution in [0.2, 0.25) is 0 Å². The molecule has 2 rings (SSSR count). The van der Waals surface area contributed by atoms with E-state index in [2.05, 4.69) is 15.3 Å². The predicted octanol–water partition coefficient (Wildman–Crippen LogP) is 3.22. The normalized spacial score (nSPS) is 11.6. The fourth-order valence-corrected chi connectivity index (χ4v) is 2.10. The summed E-state index contributed by atoms with van der Waals surface area (Å²) < 4.78 is 25.7. The smallest absolute Gasteiger partial charge is 0.280 e. The first kappa shape index (κ1) is 17.5. The number of hydrogen-bond donors (Lipinski definition) is 2.